The van der Waals surface area contributed by atoms with Gasteiger partial charge in [-0.3, -0.25) is 0 Å². The van der Waals surface area contributed by atoms with E-state index in [0.29, 0.717) is 6.54 Å². The third-order valence-electron chi connectivity index (χ3n) is 3.84. The van der Waals surface area contributed by atoms with Crippen LogP contribution in [0.4, 0.5) is 5.82 Å². The summed E-state index contributed by atoms with van der Waals surface area (Å²) in [5.74, 6) is 1.86. The maximum Gasteiger partial charge on any atom is 0.194 e. The molecule has 1 N–H and O–H groups in total. The number of nitrogens with one attached hydrogen (secondary N) is 1. The molecule has 0 radical (unpaired) electrons. The Kier molecular flexibility index (Phi) is 8.74. The molecule has 0 fully saturated rings. The van der Waals surface area contributed by atoms with E-state index >= 15 is 0 Å². The van der Waals surface area contributed by atoms with Gasteiger partial charge in [-0.2, -0.15) is 0 Å². The Bertz CT molecular complexity index is 680. The Morgan fingerprint density at radius 2 is 2.00 bits per heavy atom. The van der Waals surface area contributed by atoms with Crippen LogP contribution in [0.1, 0.15) is 18.2 Å². The van der Waals surface area contributed by atoms with Crippen LogP contribution < -0.4 is 10.2 Å². The molecule has 0 bridgehead atoms. The number of nitrogens with zero attached hydrogens (tertiary/aromatic N) is 5. The number of pyridine rings is 1. The van der Waals surface area contributed by atoms with Crippen LogP contribution >= 0.6 is 24.0 Å². The van der Waals surface area contributed by atoms with Crippen LogP contribution in [0, 0.1) is 0 Å². The molecular weight excluding hydrogens is 427 g/mol. The molecule has 0 saturated carbocycles. The molecule has 25 heavy (non-hydrogen) atoms. The molecule has 0 aliphatic rings. The number of aliphatic imine (C=N–C) groups is 1. The summed E-state index contributed by atoms with van der Waals surface area (Å²) in [5, 5.41) is 3.37. The van der Waals surface area contributed by atoms with E-state index in [1.165, 1.54) is 5.69 Å². The molecule has 2 rings (SSSR count). The van der Waals surface area contributed by atoms with E-state index in [9.17, 15) is 0 Å². The summed E-state index contributed by atoms with van der Waals surface area (Å²) in [6.45, 7) is 4.33. The number of hydrogen-bond donors (Lipinski definition) is 1. The van der Waals surface area contributed by atoms with Gasteiger partial charge in [-0.15, -0.1) is 24.0 Å². The first-order valence-corrected chi connectivity index (χ1v) is 8.23. The summed E-state index contributed by atoms with van der Waals surface area (Å²) in [6, 6.07) is 8.22. The lowest BCUT2D eigenvalue weighted by molar-refractivity contribution is 0.462. The number of aryl methyl sites for hydroxylation is 1. The Morgan fingerprint density at radius 3 is 2.60 bits per heavy atom. The van der Waals surface area contributed by atoms with Crippen molar-refractivity contribution in [2.24, 2.45) is 12.0 Å². The van der Waals surface area contributed by atoms with E-state index < -0.39 is 0 Å². The molecule has 0 unspecified atom stereocenters. The summed E-state index contributed by atoms with van der Waals surface area (Å²) in [7, 11) is 8.13. The van der Waals surface area contributed by atoms with Gasteiger partial charge in [0.2, 0.25) is 0 Å². The topological polar surface area (TPSA) is 48.7 Å². The summed E-state index contributed by atoms with van der Waals surface area (Å²) >= 11 is 0. The van der Waals surface area contributed by atoms with Crippen molar-refractivity contribution >= 4 is 35.8 Å². The molecule has 0 saturated heterocycles. The highest BCUT2D eigenvalue weighted by molar-refractivity contribution is 14.0. The SMILES string of the molecule is CCNC(=NCc1cccnc1N(C)C)N(C)Cc1cccn1C.I. The summed E-state index contributed by atoms with van der Waals surface area (Å²) < 4.78 is 2.13. The van der Waals surface area contributed by atoms with E-state index in [0.717, 1.165) is 30.4 Å². The van der Waals surface area contributed by atoms with Gasteiger partial charge in [0.25, 0.3) is 0 Å². The van der Waals surface area contributed by atoms with Crippen molar-refractivity contribution in [3.63, 3.8) is 0 Å². The molecule has 6 nitrogen and oxygen atoms in total. The molecule has 2 heterocycles. The second-order valence-electron chi connectivity index (χ2n) is 6.02. The second-order valence-corrected chi connectivity index (χ2v) is 6.02. The van der Waals surface area contributed by atoms with Gasteiger partial charge in [-0.1, -0.05) is 6.07 Å². The smallest absolute Gasteiger partial charge is 0.194 e. The zero-order valence-electron chi connectivity index (χ0n) is 15.7. The minimum atomic E-state index is 0. The van der Waals surface area contributed by atoms with Gasteiger partial charge in [0.1, 0.15) is 5.82 Å². The van der Waals surface area contributed by atoms with Crippen molar-refractivity contribution in [2.75, 3.05) is 32.6 Å². The van der Waals surface area contributed by atoms with Crippen molar-refractivity contribution in [2.45, 2.75) is 20.0 Å². The van der Waals surface area contributed by atoms with Crippen LogP contribution in [0.15, 0.2) is 41.7 Å². The first kappa shape index (κ1) is 21.3. The first-order valence-electron chi connectivity index (χ1n) is 8.23. The quantitative estimate of drug-likeness (QED) is 0.413. The van der Waals surface area contributed by atoms with Gasteiger partial charge < -0.3 is 19.7 Å². The molecule has 0 amide bonds. The van der Waals surface area contributed by atoms with Gasteiger partial charge in [0, 0.05) is 58.4 Å². The maximum absolute atomic E-state index is 4.79. The zero-order chi connectivity index (χ0) is 17.5. The molecule has 138 valence electrons. The average molecular weight is 456 g/mol. The van der Waals surface area contributed by atoms with Crippen LogP contribution in [0.2, 0.25) is 0 Å². The van der Waals surface area contributed by atoms with Gasteiger partial charge in [0.05, 0.1) is 13.1 Å². The Hall–Kier alpha value is -1.77. The maximum atomic E-state index is 4.79. The predicted molar refractivity (Wildman–Crippen MR) is 116 cm³/mol. The van der Waals surface area contributed by atoms with Crippen molar-refractivity contribution < 1.29 is 0 Å². The highest BCUT2D eigenvalue weighted by Gasteiger charge is 2.10. The lowest BCUT2D eigenvalue weighted by atomic mass is 10.2. The number of guanidine groups is 1. The lowest BCUT2D eigenvalue weighted by Crippen LogP contribution is -2.38. The summed E-state index contributed by atoms with van der Waals surface area (Å²) in [5.41, 5.74) is 2.36. The number of aromatic nitrogens is 2. The monoisotopic (exact) mass is 456 g/mol. The fourth-order valence-corrected chi connectivity index (χ4v) is 2.56. The minimum Gasteiger partial charge on any atom is -0.362 e. The third-order valence-corrected chi connectivity index (χ3v) is 3.84. The predicted octanol–water partition coefficient (Wildman–Crippen LogP) is 2.70. The fraction of sp³-hybridized carbons (Fsp3) is 0.444. The molecule has 7 heteroatoms. The Labute approximate surface area is 168 Å². The molecule has 0 atom stereocenters. The highest BCUT2D eigenvalue weighted by atomic mass is 127. The minimum absolute atomic E-state index is 0. The molecule has 0 aliphatic carbocycles. The number of hydrogen-bond acceptors (Lipinski definition) is 3. The number of halogens is 1. The van der Waals surface area contributed by atoms with Crippen LogP contribution in [-0.4, -0.2) is 48.1 Å². The van der Waals surface area contributed by atoms with E-state index in [1.54, 1.807) is 0 Å². The summed E-state index contributed by atoms with van der Waals surface area (Å²) in [6.07, 6.45) is 3.88. The number of anilines is 1. The molecule has 0 spiro atoms. The van der Waals surface area contributed by atoms with E-state index in [1.807, 2.05) is 31.3 Å². The largest absolute Gasteiger partial charge is 0.362 e. The van der Waals surface area contributed by atoms with Crippen molar-refractivity contribution in [3.8, 4) is 0 Å². The summed E-state index contributed by atoms with van der Waals surface area (Å²) in [4.78, 5) is 13.4. The second kappa shape index (κ2) is 10.3. The molecule has 0 aliphatic heterocycles. The standard InChI is InChI=1S/C18H28N6.HI/c1-6-19-18(24(5)14-16-10-8-12-23(16)4)21-13-15-9-7-11-20-17(15)22(2)3;/h7-12H,6,13-14H2,1-5H3,(H,19,21);1H. The molecular formula is C18H29IN6. The van der Waals surface area contributed by atoms with Gasteiger partial charge >= 0.3 is 0 Å². The average Bonchev–Trinajstić information content (AvgIpc) is 2.96. The van der Waals surface area contributed by atoms with Crippen LogP contribution in [-0.2, 0) is 20.1 Å². The lowest BCUT2D eigenvalue weighted by Gasteiger charge is -2.23. The van der Waals surface area contributed by atoms with E-state index in [-0.39, 0.29) is 24.0 Å². The normalized spacial score (nSPS) is 11.0. The first-order chi connectivity index (χ1) is 11.5. The Balaban J connectivity index is 0.00000312. The van der Waals surface area contributed by atoms with Gasteiger partial charge in [-0.05, 0) is 25.1 Å². The van der Waals surface area contributed by atoms with Crippen molar-refractivity contribution in [1.29, 1.82) is 0 Å². The van der Waals surface area contributed by atoms with E-state index in [4.69, 9.17) is 4.99 Å². The molecule has 2 aromatic heterocycles. The molecule has 2 aromatic rings. The molecule has 0 aromatic carbocycles. The highest BCUT2D eigenvalue weighted by Crippen LogP contribution is 2.15. The van der Waals surface area contributed by atoms with Crippen molar-refractivity contribution in [1.82, 2.24) is 19.8 Å². The Morgan fingerprint density at radius 1 is 1.24 bits per heavy atom. The van der Waals surface area contributed by atoms with Crippen LogP contribution in [0.3, 0.4) is 0 Å². The van der Waals surface area contributed by atoms with Gasteiger partial charge in [-0.25, -0.2) is 9.98 Å². The number of rotatable bonds is 6. The van der Waals surface area contributed by atoms with Crippen LogP contribution in [0.25, 0.3) is 0 Å². The van der Waals surface area contributed by atoms with Crippen LogP contribution in [0.5, 0.6) is 0 Å². The van der Waals surface area contributed by atoms with E-state index in [2.05, 4.69) is 65.2 Å². The van der Waals surface area contributed by atoms with Gasteiger partial charge in [0.15, 0.2) is 5.96 Å². The van der Waals surface area contributed by atoms with Crippen molar-refractivity contribution in [3.05, 3.63) is 47.9 Å². The third kappa shape index (κ3) is 5.91. The zero-order valence-corrected chi connectivity index (χ0v) is 18.1. The fourth-order valence-electron chi connectivity index (χ4n) is 2.56.